The largest absolute Gasteiger partial charge is 0.144 e. The molecular formula is C8H5S2. The number of thiophene rings is 2. The molecular weight excluding hydrogens is 160 g/mol. The molecule has 0 nitrogen and oxygen atoms in total. The molecule has 2 aromatic rings. The van der Waals surface area contributed by atoms with E-state index in [0.29, 0.717) is 0 Å². The third kappa shape index (κ3) is 1.00. The van der Waals surface area contributed by atoms with E-state index in [1.807, 2.05) is 6.07 Å². The van der Waals surface area contributed by atoms with Gasteiger partial charge in [-0.2, -0.15) is 0 Å². The number of hydrogen-bond donors (Lipinski definition) is 0. The van der Waals surface area contributed by atoms with Gasteiger partial charge >= 0.3 is 0 Å². The van der Waals surface area contributed by atoms with E-state index in [-0.39, 0.29) is 0 Å². The van der Waals surface area contributed by atoms with Crippen LogP contribution < -0.4 is 0 Å². The lowest BCUT2D eigenvalue weighted by atomic mass is 10.3. The first kappa shape index (κ1) is 6.13. The Labute approximate surface area is 67.8 Å². The lowest BCUT2D eigenvalue weighted by molar-refractivity contribution is 1.89. The van der Waals surface area contributed by atoms with Crippen LogP contribution in [0, 0.1) is 5.38 Å². The summed E-state index contributed by atoms with van der Waals surface area (Å²) in [5, 5.41) is 7.27. The average molecular weight is 165 g/mol. The van der Waals surface area contributed by atoms with Crippen molar-refractivity contribution in [2.45, 2.75) is 0 Å². The molecule has 0 aliphatic carbocycles. The number of rotatable bonds is 1. The van der Waals surface area contributed by atoms with Gasteiger partial charge < -0.3 is 0 Å². The summed E-state index contributed by atoms with van der Waals surface area (Å²) >= 11 is 3.39. The van der Waals surface area contributed by atoms with E-state index in [9.17, 15) is 0 Å². The van der Waals surface area contributed by atoms with Crippen molar-refractivity contribution in [1.82, 2.24) is 0 Å². The Morgan fingerprint density at radius 3 is 3.00 bits per heavy atom. The molecule has 0 amide bonds. The van der Waals surface area contributed by atoms with Gasteiger partial charge in [0.1, 0.15) is 0 Å². The van der Waals surface area contributed by atoms with Crippen molar-refractivity contribution in [3.05, 3.63) is 34.3 Å². The summed E-state index contributed by atoms with van der Waals surface area (Å²) in [7, 11) is 0. The molecule has 2 rings (SSSR count). The van der Waals surface area contributed by atoms with Crippen molar-refractivity contribution < 1.29 is 0 Å². The zero-order chi connectivity index (χ0) is 6.81. The minimum absolute atomic E-state index is 1.29. The van der Waals surface area contributed by atoms with E-state index < -0.39 is 0 Å². The predicted molar refractivity (Wildman–Crippen MR) is 46.5 cm³/mol. The molecule has 0 spiro atoms. The Morgan fingerprint density at radius 1 is 1.40 bits per heavy atom. The Kier molecular flexibility index (Phi) is 1.57. The second kappa shape index (κ2) is 2.56. The fraction of sp³-hybridized carbons (Fsp3) is 0. The molecule has 2 heterocycles. The zero-order valence-corrected chi connectivity index (χ0v) is 6.84. The first-order chi connectivity index (χ1) is 4.97. The maximum atomic E-state index is 3.07. The van der Waals surface area contributed by atoms with Crippen LogP contribution in [-0.2, 0) is 0 Å². The molecule has 0 fully saturated rings. The molecule has 0 aliphatic heterocycles. The quantitative estimate of drug-likeness (QED) is 0.608. The van der Waals surface area contributed by atoms with E-state index >= 15 is 0 Å². The third-order valence-corrected chi connectivity index (χ3v) is 2.82. The van der Waals surface area contributed by atoms with Gasteiger partial charge in [0.05, 0.1) is 0 Å². The van der Waals surface area contributed by atoms with Gasteiger partial charge in [0.25, 0.3) is 0 Å². The summed E-state index contributed by atoms with van der Waals surface area (Å²) in [4.78, 5) is 1.33. The van der Waals surface area contributed by atoms with Crippen molar-refractivity contribution in [2.24, 2.45) is 0 Å². The normalized spacial score (nSPS) is 10.0. The summed E-state index contributed by atoms with van der Waals surface area (Å²) in [5.74, 6) is 0. The van der Waals surface area contributed by atoms with Crippen LogP contribution in [0.5, 0.6) is 0 Å². The molecule has 0 unspecified atom stereocenters. The topological polar surface area (TPSA) is 0 Å². The third-order valence-electron chi connectivity index (χ3n) is 1.27. The first-order valence-corrected chi connectivity index (χ1v) is 4.71. The fourth-order valence-electron chi connectivity index (χ4n) is 0.801. The highest BCUT2D eigenvalue weighted by atomic mass is 32.1. The zero-order valence-electron chi connectivity index (χ0n) is 5.20. The molecule has 2 aromatic heterocycles. The van der Waals surface area contributed by atoms with E-state index in [2.05, 4.69) is 28.3 Å². The monoisotopic (exact) mass is 165 g/mol. The molecule has 10 heavy (non-hydrogen) atoms. The van der Waals surface area contributed by atoms with Crippen molar-refractivity contribution in [1.29, 1.82) is 0 Å². The van der Waals surface area contributed by atoms with Crippen LogP contribution in [-0.4, -0.2) is 0 Å². The summed E-state index contributed by atoms with van der Waals surface area (Å²) in [6.07, 6.45) is 0. The van der Waals surface area contributed by atoms with Crippen LogP contribution in [0.15, 0.2) is 29.0 Å². The van der Waals surface area contributed by atoms with E-state index in [1.165, 1.54) is 10.4 Å². The molecule has 0 atom stereocenters. The molecule has 1 radical (unpaired) electrons. The van der Waals surface area contributed by atoms with Crippen LogP contribution in [0.3, 0.4) is 0 Å². The van der Waals surface area contributed by atoms with Gasteiger partial charge in [0, 0.05) is 21.2 Å². The van der Waals surface area contributed by atoms with E-state index in [1.54, 1.807) is 22.7 Å². The van der Waals surface area contributed by atoms with Crippen molar-refractivity contribution in [3.63, 3.8) is 0 Å². The molecule has 0 aromatic carbocycles. The Bertz CT molecular complexity index is 247. The standard InChI is InChI=1S/C8H5S2/c1-2-8(10-4-1)7-3-5-9-6-7/h1-4,6H. The molecule has 0 aliphatic rings. The lowest BCUT2D eigenvalue weighted by Crippen LogP contribution is -1.58. The Hall–Kier alpha value is -0.600. The maximum Gasteiger partial charge on any atom is 0.0449 e. The average Bonchev–Trinajstić information content (AvgIpc) is 2.59. The summed E-state index contributed by atoms with van der Waals surface area (Å²) in [5.41, 5.74) is 1.29. The minimum atomic E-state index is 1.29. The summed E-state index contributed by atoms with van der Waals surface area (Å²) in [6, 6.07) is 6.22. The molecule has 0 N–H and O–H groups in total. The first-order valence-electron chi connectivity index (χ1n) is 2.95. The van der Waals surface area contributed by atoms with E-state index in [0.717, 1.165) is 0 Å². The van der Waals surface area contributed by atoms with Crippen LogP contribution in [0.1, 0.15) is 0 Å². The Balaban J connectivity index is 2.48. The van der Waals surface area contributed by atoms with Gasteiger partial charge in [-0.25, -0.2) is 0 Å². The van der Waals surface area contributed by atoms with E-state index in [4.69, 9.17) is 0 Å². The van der Waals surface area contributed by atoms with Gasteiger partial charge in [0.2, 0.25) is 0 Å². The van der Waals surface area contributed by atoms with Crippen LogP contribution in [0.4, 0.5) is 0 Å². The van der Waals surface area contributed by atoms with Crippen molar-refractivity contribution in [3.8, 4) is 10.4 Å². The highest BCUT2D eigenvalue weighted by molar-refractivity contribution is 7.14. The fourth-order valence-corrected chi connectivity index (χ4v) is 2.18. The smallest absolute Gasteiger partial charge is 0.0449 e. The van der Waals surface area contributed by atoms with Gasteiger partial charge in [-0.3, -0.25) is 0 Å². The van der Waals surface area contributed by atoms with Crippen LogP contribution in [0.2, 0.25) is 0 Å². The van der Waals surface area contributed by atoms with Crippen LogP contribution >= 0.6 is 22.7 Å². The molecule has 0 saturated carbocycles. The lowest BCUT2D eigenvalue weighted by Gasteiger charge is -1.85. The maximum absolute atomic E-state index is 3.07. The van der Waals surface area contributed by atoms with Crippen LogP contribution in [0.25, 0.3) is 10.4 Å². The van der Waals surface area contributed by atoms with Gasteiger partial charge in [-0.05, 0) is 17.5 Å². The van der Waals surface area contributed by atoms with Crippen molar-refractivity contribution >= 4 is 22.7 Å². The SMILES string of the molecule is [c]1cc(-c2cccs2)cs1. The Morgan fingerprint density at radius 2 is 2.40 bits per heavy atom. The highest BCUT2D eigenvalue weighted by Gasteiger charge is 1.95. The molecule has 49 valence electrons. The highest BCUT2D eigenvalue weighted by Crippen LogP contribution is 2.25. The number of hydrogen-bond acceptors (Lipinski definition) is 2. The van der Waals surface area contributed by atoms with Crippen molar-refractivity contribution in [2.75, 3.05) is 0 Å². The van der Waals surface area contributed by atoms with Gasteiger partial charge in [0.15, 0.2) is 0 Å². The minimum Gasteiger partial charge on any atom is -0.144 e. The molecule has 0 saturated heterocycles. The second-order valence-electron chi connectivity index (χ2n) is 1.93. The summed E-state index contributed by atoms with van der Waals surface area (Å²) in [6.45, 7) is 0. The predicted octanol–water partition coefficient (Wildman–Crippen LogP) is 3.28. The van der Waals surface area contributed by atoms with Gasteiger partial charge in [-0.1, -0.05) is 6.07 Å². The summed E-state index contributed by atoms with van der Waals surface area (Å²) < 4.78 is 0. The molecule has 0 bridgehead atoms. The second-order valence-corrected chi connectivity index (χ2v) is 3.59. The molecule has 2 heteroatoms. The van der Waals surface area contributed by atoms with Gasteiger partial charge in [-0.15, -0.1) is 22.7 Å².